The number of hydrogen-bond acceptors (Lipinski definition) is 2. The Morgan fingerprint density at radius 1 is 1.50 bits per heavy atom. The van der Waals surface area contributed by atoms with Crippen LogP contribution in [0, 0.1) is 12.2 Å². The SMILES string of the molecule is CC(F)(F)[C@@H]1[CH][C@](N)(c2cc(Br)ccc2F)CO1. The maximum Gasteiger partial charge on any atom is 0.271 e. The fraction of sp³-hybridized carbons (Fsp3) is 0.417. The van der Waals surface area contributed by atoms with Crippen molar-refractivity contribution in [3.63, 3.8) is 0 Å². The molecular weight excluding hydrogens is 311 g/mol. The van der Waals surface area contributed by atoms with Crippen molar-refractivity contribution in [1.82, 2.24) is 0 Å². The largest absolute Gasteiger partial charge is 0.369 e. The molecular formula is C12H12BrF3NO. The van der Waals surface area contributed by atoms with Crippen LogP contribution in [0.25, 0.3) is 0 Å². The summed E-state index contributed by atoms with van der Waals surface area (Å²) in [4.78, 5) is 0. The molecule has 18 heavy (non-hydrogen) atoms. The van der Waals surface area contributed by atoms with Crippen molar-refractivity contribution in [3.05, 3.63) is 40.5 Å². The van der Waals surface area contributed by atoms with Crippen molar-refractivity contribution < 1.29 is 17.9 Å². The summed E-state index contributed by atoms with van der Waals surface area (Å²) in [5.41, 5.74) is 4.77. The van der Waals surface area contributed by atoms with Gasteiger partial charge in [0.15, 0.2) is 0 Å². The van der Waals surface area contributed by atoms with Crippen LogP contribution in [0.5, 0.6) is 0 Å². The van der Waals surface area contributed by atoms with Crippen molar-refractivity contribution in [2.45, 2.75) is 24.5 Å². The molecule has 0 amide bonds. The lowest BCUT2D eigenvalue weighted by Gasteiger charge is -2.24. The standard InChI is InChI=1S/C12H12BrF3NO/c1-11(15,16)10-5-12(17,6-18-10)8-4-7(13)2-3-9(8)14/h2-5,10H,6,17H2,1H3/t10-,12+/m0/s1. The molecule has 1 aliphatic rings. The van der Waals surface area contributed by atoms with Crippen LogP contribution in [-0.4, -0.2) is 18.6 Å². The number of benzene rings is 1. The van der Waals surface area contributed by atoms with Crippen molar-refractivity contribution in [2.24, 2.45) is 5.73 Å². The number of ether oxygens (including phenoxy) is 1. The molecule has 0 unspecified atom stereocenters. The Bertz CT molecular complexity index is 463. The van der Waals surface area contributed by atoms with Crippen LogP contribution < -0.4 is 5.73 Å². The van der Waals surface area contributed by atoms with Crippen molar-refractivity contribution in [2.75, 3.05) is 6.61 Å². The highest BCUT2D eigenvalue weighted by molar-refractivity contribution is 9.10. The number of hydrogen-bond donors (Lipinski definition) is 1. The second kappa shape index (κ2) is 4.51. The number of halogens is 4. The van der Waals surface area contributed by atoms with E-state index in [0.29, 0.717) is 4.47 Å². The lowest BCUT2D eigenvalue weighted by Crippen LogP contribution is -2.40. The molecule has 1 radical (unpaired) electrons. The summed E-state index contributed by atoms with van der Waals surface area (Å²) in [5.74, 6) is -3.58. The second-order valence-electron chi connectivity index (χ2n) is 4.52. The van der Waals surface area contributed by atoms with Crippen molar-refractivity contribution in [1.29, 1.82) is 0 Å². The summed E-state index contributed by atoms with van der Waals surface area (Å²) in [6.45, 7) is 0.575. The predicted octanol–water partition coefficient (Wildman–Crippen LogP) is 3.00. The fourth-order valence-corrected chi connectivity index (χ4v) is 2.27. The first kappa shape index (κ1) is 13.8. The van der Waals surface area contributed by atoms with E-state index >= 15 is 0 Å². The minimum Gasteiger partial charge on any atom is -0.369 e. The highest BCUT2D eigenvalue weighted by Crippen LogP contribution is 2.38. The fourth-order valence-electron chi connectivity index (χ4n) is 1.91. The molecule has 2 rings (SSSR count). The van der Waals surface area contributed by atoms with E-state index in [2.05, 4.69) is 15.9 Å². The van der Waals surface area contributed by atoms with Crippen molar-refractivity contribution in [3.8, 4) is 0 Å². The molecule has 1 fully saturated rings. The molecule has 0 aromatic heterocycles. The van der Waals surface area contributed by atoms with Crippen LogP contribution in [0.4, 0.5) is 13.2 Å². The highest BCUT2D eigenvalue weighted by atomic mass is 79.9. The molecule has 0 aliphatic carbocycles. The van der Waals surface area contributed by atoms with E-state index in [1.165, 1.54) is 18.2 Å². The van der Waals surface area contributed by atoms with Gasteiger partial charge >= 0.3 is 0 Å². The molecule has 2 N–H and O–H groups in total. The third-order valence-electron chi connectivity index (χ3n) is 2.88. The predicted molar refractivity (Wildman–Crippen MR) is 64.6 cm³/mol. The summed E-state index contributed by atoms with van der Waals surface area (Å²) in [5, 5.41) is 0. The Hall–Kier alpha value is -0.590. The van der Waals surface area contributed by atoms with Gasteiger partial charge in [0.2, 0.25) is 0 Å². The van der Waals surface area contributed by atoms with Gasteiger partial charge in [0.25, 0.3) is 5.92 Å². The van der Waals surface area contributed by atoms with Gasteiger partial charge in [-0.2, -0.15) is 0 Å². The molecule has 1 heterocycles. The maximum absolute atomic E-state index is 13.7. The number of rotatable bonds is 2. The zero-order valence-electron chi connectivity index (χ0n) is 9.59. The lowest BCUT2D eigenvalue weighted by molar-refractivity contribution is -0.0908. The lowest BCUT2D eigenvalue weighted by atomic mass is 9.87. The molecule has 0 spiro atoms. The van der Waals surface area contributed by atoms with E-state index in [-0.39, 0.29) is 12.2 Å². The van der Waals surface area contributed by atoms with Crippen LogP contribution in [0.3, 0.4) is 0 Å². The molecule has 1 aromatic carbocycles. The first-order chi connectivity index (χ1) is 8.22. The molecule has 1 aromatic rings. The normalized spacial score (nSPS) is 28.7. The van der Waals surface area contributed by atoms with Gasteiger partial charge in [-0.3, -0.25) is 0 Å². The van der Waals surface area contributed by atoms with E-state index < -0.39 is 23.4 Å². The zero-order valence-corrected chi connectivity index (χ0v) is 11.2. The van der Waals surface area contributed by atoms with E-state index in [1.807, 2.05) is 0 Å². The monoisotopic (exact) mass is 322 g/mol. The van der Waals surface area contributed by atoms with Gasteiger partial charge in [-0.15, -0.1) is 0 Å². The summed E-state index contributed by atoms with van der Waals surface area (Å²) in [7, 11) is 0. The first-order valence-electron chi connectivity index (χ1n) is 5.32. The number of alkyl halides is 2. The van der Waals surface area contributed by atoms with Gasteiger partial charge in [-0.05, 0) is 18.2 Å². The molecule has 2 atom stereocenters. The average Bonchev–Trinajstić information content (AvgIpc) is 2.65. The number of nitrogens with two attached hydrogens (primary N) is 1. The second-order valence-corrected chi connectivity index (χ2v) is 5.43. The van der Waals surface area contributed by atoms with Crippen molar-refractivity contribution >= 4 is 15.9 Å². The van der Waals surface area contributed by atoms with Crippen LogP contribution in [-0.2, 0) is 10.3 Å². The van der Waals surface area contributed by atoms with Gasteiger partial charge in [0, 0.05) is 23.4 Å². The van der Waals surface area contributed by atoms with Crippen LogP contribution in [0.1, 0.15) is 12.5 Å². The smallest absolute Gasteiger partial charge is 0.271 e. The van der Waals surface area contributed by atoms with Gasteiger partial charge in [-0.1, -0.05) is 15.9 Å². The zero-order chi connectivity index (χ0) is 13.6. The Labute approximate surface area is 111 Å². The van der Waals surface area contributed by atoms with Gasteiger partial charge < -0.3 is 10.5 Å². The van der Waals surface area contributed by atoms with Gasteiger partial charge in [-0.25, -0.2) is 13.2 Å². The van der Waals surface area contributed by atoms with Gasteiger partial charge in [0.1, 0.15) is 11.9 Å². The van der Waals surface area contributed by atoms with E-state index in [1.54, 1.807) is 0 Å². The van der Waals surface area contributed by atoms with Crippen LogP contribution >= 0.6 is 15.9 Å². The van der Waals surface area contributed by atoms with Crippen LogP contribution in [0.2, 0.25) is 0 Å². The topological polar surface area (TPSA) is 35.2 Å². The molecule has 0 saturated carbocycles. The summed E-state index contributed by atoms with van der Waals surface area (Å²) in [6.07, 6.45) is -0.237. The molecule has 6 heteroatoms. The minimum atomic E-state index is -3.04. The quantitative estimate of drug-likeness (QED) is 0.908. The van der Waals surface area contributed by atoms with E-state index in [4.69, 9.17) is 10.5 Å². The van der Waals surface area contributed by atoms with Gasteiger partial charge in [0.05, 0.1) is 12.1 Å². The van der Waals surface area contributed by atoms with E-state index in [9.17, 15) is 13.2 Å². The summed E-state index contributed by atoms with van der Waals surface area (Å²) in [6, 6.07) is 4.23. The summed E-state index contributed by atoms with van der Waals surface area (Å²) < 4.78 is 45.6. The molecule has 99 valence electrons. The third-order valence-corrected chi connectivity index (χ3v) is 3.37. The Balaban J connectivity index is 2.31. The Morgan fingerprint density at radius 3 is 2.72 bits per heavy atom. The Kier molecular flexibility index (Phi) is 3.46. The molecule has 1 aliphatic heterocycles. The molecule has 2 nitrogen and oxygen atoms in total. The van der Waals surface area contributed by atoms with Crippen LogP contribution in [0.15, 0.2) is 22.7 Å². The summed E-state index contributed by atoms with van der Waals surface area (Å²) >= 11 is 3.20. The molecule has 1 saturated heterocycles. The minimum absolute atomic E-state index is 0.142. The maximum atomic E-state index is 13.7. The highest BCUT2D eigenvalue weighted by Gasteiger charge is 2.48. The third kappa shape index (κ3) is 2.55. The molecule has 0 bridgehead atoms. The Morgan fingerprint density at radius 2 is 2.17 bits per heavy atom. The van der Waals surface area contributed by atoms with E-state index in [0.717, 1.165) is 13.3 Å². The average molecular weight is 323 g/mol. The first-order valence-corrected chi connectivity index (χ1v) is 6.11.